The van der Waals surface area contributed by atoms with Crippen LogP contribution in [0.2, 0.25) is 10.0 Å². The zero-order valence-corrected chi connectivity index (χ0v) is 10.7. The SMILES string of the molecule is C[C@@H](N)c1ncc(-c2cccc(Cl)c2Cl)cn1. The first-order chi connectivity index (χ1) is 8.09. The molecule has 88 valence electrons. The number of hydrogen-bond donors (Lipinski definition) is 1. The van der Waals surface area contributed by atoms with E-state index in [2.05, 4.69) is 9.97 Å². The number of nitrogens with zero attached hydrogens (tertiary/aromatic N) is 2. The predicted octanol–water partition coefficient (Wildman–Crippen LogP) is 3.47. The molecule has 0 spiro atoms. The van der Waals surface area contributed by atoms with Crippen LogP contribution >= 0.6 is 23.2 Å². The largest absolute Gasteiger partial charge is 0.322 e. The Kier molecular flexibility index (Phi) is 3.62. The zero-order chi connectivity index (χ0) is 12.4. The maximum Gasteiger partial charge on any atom is 0.144 e. The molecule has 5 heteroatoms. The highest BCUT2D eigenvalue weighted by Crippen LogP contribution is 2.32. The lowest BCUT2D eigenvalue weighted by molar-refractivity contribution is 0.739. The van der Waals surface area contributed by atoms with Gasteiger partial charge >= 0.3 is 0 Å². The van der Waals surface area contributed by atoms with Crippen LogP contribution in [-0.4, -0.2) is 9.97 Å². The Morgan fingerprint density at radius 2 is 1.82 bits per heavy atom. The van der Waals surface area contributed by atoms with E-state index in [1.807, 2.05) is 19.1 Å². The molecule has 0 aliphatic heterocycles. The highest BCUT2D eigenvalue weighted by atomic mass is 35.5. The maximum atomic E-state index is 6.12. The average molecular weight is 268 g/mol. The van der Waals surface area contributed by atoms with Crippen molar-refractivity contribution < 1.29 is 0 Å². The third-order valence-corrected chi connectivity index (χ3v) is 3.16. The van der Waals surface area contributed by atoms with Gasteiger partial charge in [-0.1, -0.05) is 35.3 Å². The first-order valence-electron chi connectivity index (χ1n) is 5.11. The van der Waals surface area contributed by atoms with Crippen LogP contribution in [0.15, 0.2) is 30.6 Å². The van der Waals surface area contributed by atoms with E-state index in [1.54, 1.807) is 18.5 Å². The molecule has 0 saturated carbocycles. The molecule has 0 radical (unpaired) electrons. The number of rotatable bonds is 2. The molecule has 2 N–H and O–H groups in total. The van der Waals surface area contributed by atoms with E-state index in [0.717, 1.165) is 11.1 Å². The zero-order valence-electron chi connectivity index (χ0n) is 9.19. The Bertz CT molecular complexity index is 524. The van der Waals surface area contributed by atoms with Crippen LogP contribution in [0.3, 0.4) is 0 Å². The standard InChI is InChI=1S/C12H11Cl2N3/c1-7(15)12-16-5-8(6-17-12)9-3-2-4-10(13)11(9)14/h2-7H,15H2,1H3/t7-/m1/s1. The van der Waals surface area contributed by atoms with E-state index in [-0.39, 0.29) is 6.04 Å². The van der Waals surface area contributed by atoms with Gasteiger partial charge in [-0.05, 0) is 13.0 Å². The molecule has 17 heavy (non-hydrogen) atoms. The molecule has 0 saturated heterocycles. The molecule has 1 heterocycles. The second-order valence-electron chi connectivity index (χ2n) is 3.72. The van der Waals surface area contributed by atoms with Crippen LogP contribution in [0.1, 0.15) is 18.8 Å². The van der Waals surface area contributed by atoms with Crippen LogP contribution in [-0.2, 0) is 0 Å². The van der Waals surface area contributed by atoms with E-state index in [4.69, 9.17) is 28.9 Å². The van der Waals surface area contributed by atoms with Gasteiger partial charge < -0.3 is 5.73 Å². The smallest absolute Gasteiger partial charge is 0.144 e. The van der Waals surface area contributed by atoms with E-state index >= 15 is 0 Å². The Hall–Kier alpha value is -1.16. The van der Waals surface area contributed by atoms with Crippen molar-refractivity contribution in [3.63, 3.8) is 0 Å². The van der Waals surface area contributed by atoms with Crippen LogP contribution in [0.25, 0.3) is 11.1 Å². The molecule has 0 bridgehead atoms. The van der Waals surface area contributed by atoms with Gasteiger partial charge in [0.05, 0.1) is 16.1 Å². The van der Waals surface area contributed by atoms with Gasteiger partial charge in [0.25, 0.3) is 0 Å². The molecule has 1 aromatic carbocycles. The first-order valence-corrected chi connectivity index (χ1v) is 5.87. The Labute approximate surface area is 110 Å². The van der Waals surface area contributed by atoms with Crippen molar-refractivity contribution in [3.05, 3.63) is 46.5 Å². The van der Waals surface area contributed by atoms with E-state index in [0.29, 0.717) is 15.9 Å². The summed E-state index contributed by atoms with van der Waals surface area (Å²) in [5.41, 5.74) is 7.32. The summed E-state index contributed by atoms with van der Waals surface area (Å²) < 4.78 is 0. The Morgan fingerprint density at radius 1 is 1.18 bits per heavy atom. The van der Waals surface area contributed by atoms with Gasteiger partial charge in [-0.25, -0.2) is 9.97 Å². The van der Waals surface area contributed by atoms with Crippen molar-refractivity contribution in [2.75, 3.05) is 0 Å². The molecule has 0 fully saturated rings. The van der Waals surface area contributed by atoms with Gasteiger partial charge in [0.15, 0.2) is 0 Å². The van der Waals surface area contributed by atoms with Gasteiger partial charge in [-0.15, -0.1) is 0 Å². The van der Waals surface area contributed by atoms with Crippen LogP contribution in [0, 0.1) is 0 Å². The lowest BCUT2D eigenvalue weighted by atomic mass is 10.1. The topological polar surface area (TPSA) is 51.8 Å². The summed E-state index contributed by atoms with van der Waals surface area (Å²) in [6.45, 7) is 1.83. The van der Waals surface area contributed by atoms with Crippen molar-refractivity contribution >= 4 is 23.2 Å². The van der Waals surface area contributed by atoms with E-state index in [9.17, 15) is 0 Å². The van der Waals surface area contributed by atoms with Gasteiger partial charge in [-0.2, -0.15) is 0 Å². The van der Waals surface area contributed by atoms with E-state index < -0.39 is 0 Å². The summed E-state index contributed by atoms with van der Waals surface area (Å²) in [7, 11) is 0. The highest BCUT2D eigenvalue weighted by molar-refractivity contribution is 6.43. The molecule has 1 aromatic heterocycles. The van der Waals surface area contributed by atoms with Crippen molar-refractivity contribution in [2.24, 2.45) is 5.73 Å². The number of hydrogen-bond acceptors (Lipinski definition) is 3. The fourth-order valence-electron chi connectivity index (χ4n) is 1.44. The molecule has 0 aliphatic rings. The van der Waals surface area contributed by atoms with Crippen LogP contribution < -0.4 is 5.73 Å². The molecule has 3 nitrogen and oxygen atoms in total. The minimum absolute atomic E-state index is 0.182. The van der Waals surface area contributed by atoms with Gasteiger partial charge in [0.1, 0.15) is 5.82 Å². The lowest BCUT2D eigenvalue weighted by Gasteiger charge is -2.07. The van der Waals surface area contributed by atoms with Gasteiger partial charge in [-0.3, -0.25) is 0 Å². The molecule has 2 rings (SSSR count). The predicted molar refractivity (Wildman–Crippen MR) is 70.1 cm³/mol. The molecule has 1 atom stereocenters. The maximum absolute atomic E-state index is 6.12. The molecular weight excluding hydrogens is 257 g/mol. The molecule has 2 aromatic rings. The highest BCUT2D eigenvalue weighted by Gasteiger charge is 2.08. The number of halogens is 2. The van der Waals surface area contributed by atoms with Crippen molar-refractivity contribution in [3.8, 4) is 11.1 Å². The van der Waals surface area contributed by atoms with Crippen molar-refractivity contribution in [2.45, 2.75) is 13.0 Å². The summed E-state index contributed by atoms with van der Waals surface area (Å²) in [5, 5.41) is 1.02. The fraction of sp³-hybridized carbons (Fsp3) is 0.167. The summed E-state index contributed by atoms with van der Waals surface area (Å²) in [5.74, 6) is 0.604. The minimum Gasteiger partial charge on any atom is -0.322 e. The Balaban J connectivity index is 2.43. The summed E-state index contributed by atoms with van der Waals surface area (Å²) in [6.07, 6.45) is 3.40. The molecule has 0 unspecified atom stereocenters. The van der Waals surface area contributed by atoms with Gasteiger partial charge in [0.2, 0.25) is 0 Å². The second kappa shape index (κ2) is 5.00. The number of aromatic nitrogens is 2. The summed E-state index contributed by atoms with van der Waals surface area (Å²) in [4.78, 5) is 8.38. The number of benzene rings is 1. The van der Waals surface area contributed by atoms with E-state index in [1.165, 1.54) is 0 Å². The molecule has 0 aliphatic carbocycles. The summed E-state index contributed by atoms with van der Waals surface area (Å²) >= 11 is 12.1. The third-order valence-electron chi connectivity index (χ3n) is 2.34. The Morgan fingerprint density at radius 3 is 2.41 bits per heavy atom. The minimum atomic E-state index is -0.182. The van der Waals surface area contributed by atoms with Crippen LogP contribution in [0.5, 0.6) is 0 Å². The third kappa shape index (κ3) is 2.57. The number of nitrogens with two attached hydrogens (primary N) is 1. The average Bonchev–Trinajstić information content (AvgIpc) is 2.33. The lowest BCUT2D eigenvalue weighted by Crippen LogP contribution is -2.09. The molecular formula is C12H11Cl2N3. The summed E-state index contributed by atoms with van der Waals surface area (Å²) in [6, 6.07) is 5.27. The quantitative estimate of drug-likeness (QED) is 0.907. The molecule has 0 amide bonds. The normalized spacial score (nSPS) is 12.5. The second-order valence-corrected chi connectivity index (χ2v) is 4.51. The van der Waals surface area contributed by atoms with Crippen LogP contribution in [0.4, 0.5) is 0 Å². The van der Waals surface area contributed by atoms with Crippen molar-refractivity contribution in [1.29, 1.82) is 0 Å². The monoisotopic (exact) mass is 267 g/mol. The van der Waals surface area contributed by atoms with Gasteiger partial charge in [0, 0.05) is 23.5 Å². The van der Waals surface area contributed by atoms with Crippen molar-refractivity contribution in [1.82, 2.24) is 9.97 Å². The first kappa shape index (κ1) is 12.3. The fourth-order valence-corrected chi connectivity index (χ4v) is 1.85.